The molecule has 0 aliphatic heterocycles. The van der Waals surface area contributed by atoms with Crippen molar-refractivity contribution in [2.75, 3.05) is 32.1 Å². The molecule has 0 spiro atoms. The highest BCUT2D eigenvalue weighted by molar-refractivity contribution is 7.63. The largest absolute Gasteiger partial charge is 0.388 e. The summed E-state index contributed by atoms with van der Waals surface area (Å²) in [5, 5.41) is 0. The van der Waals surface area contributed by atoms with Gasteiger partial charge in [0.25, 0.3) is 0 Å². The lowest BCUT2D eigenvalue weighted by Crippen LogP contribution is -2.15. The number of nitrogens with zero attached hydrogens (tertiary/aromatic N) is 1. The van der Waals surface area contributed by atoms with Crippen LogP contribution in [0.3, 0.4) is 0 Å². The fourth-order valence-electron chi connectivity index (χ4n) is 1.82. The van der Waals surface area contributed by atoms with Crippen LogP contribution >= 0.6 is 7.14 Å². The van der Waals surface area contributed by atoms with Crippen molar-refractivity contribution in [3.05, 3.63) is 0 Å². The van der Waals surface area contributed by atoms with Crippen molar-refractivity contribution in [2.45, 2.75) is 33.1 Å². The molecule has 2 atom stereocenters. The van der Waals surface area contributed by atoms with Crippen LogP contribution in [0.2, 0.25) is 0 Å². The summed E-state index contributed by atoms with van der Waals surface area (Å²) in [5.74, 6) is 1.01. The molecule has 0 aliphatic carbocycles. The van der Waals surface area contributed by atoms with E-state index in [2.05, 4.69) is 11.9 Å². The van der Waals surface area contributed by atoms with Crippen LogP contribution in [0.25, 0.3) is 0 Å². The Hall–Kier alpha value is -0.340. The van der Waals surface area contributed by atoms with Crippen LogP contribution in [0.4, 0.5) is 0 Å². The van der Waals surface area contributed by atoms with Crippen molar-refractivity contribution in [3.63, 3.8) is 0 Å². The van der Waals surface area contributed by atoms with E-state index in [1.54, 1.807) is 6.92 Å². The lowest BCUT2D eigenvalue weighted by Gasteiger charge is -2.16. The third kappa shape index (κ3) is 10.5. The molecule has 0 saturated heterocycles. The predicted octanol–water partition coefficient (Wildman–Crippen LogP) is 2.12. The molecule has 0 bridgehead atoms. The van der Waals surface area contributed by atoms with E-state index in [0.717, 1.165) is 38.1 Å². The second-order valence-electron chi connectivity index (χ2n) is 5.13. The van der Waals surface area contributed by atoms with Crippen LogP contribution < -0.4 is 11.5 Å². The zero-order valence-corrected chi connectivity index (χ0v) is 12.4. The number of nitrogens with two attached hydrogens (primary N) is 2. The zero-order chi connectivity index (χ0) is 13.3. The topological polar surface area (TPSA) is 81.5 Å². The maximum absolute atomic E-state index is 12.2. The molecular formula is C12H28N3OP. The van der Waals surface area contributed by atoms with Gasteiger partial charge in [0, 0.05) is 18.9 Å². The van der Waals surface area contributed by atoms with Crippen molar-refractivity contribution in [3.8, 4) is 0 Å². The normalized spacial score (nSPS) is 17.8. The summed E-state index contributed by atoms with van der Waals surface area (Å²) in [6.45, 7) is 7.18. The predicted molar refractivity (Wildman–Crippen MR) is 77.5 cm³/mol. The average Bonchev–Trinajstić information content (AvgIpc) is 2.22. The maximum atomic E-state index is 12.2. The average molecular weight is 261 g/mol. The van der Waals surface area contributed by atoms with E-state index >= 15 is 0 Å². The molecule has 0 amide bonds. The Bertz CT molecular complexity index is 275. The first-order valence-corrected chi connectivity index (χ1v) is 8.92. The number of rotatable bonds is 9. The second kappa shape index (κ2) is 8.71. The minimum absolute atomic E-state index is 0.371. The first-order valence-electron chi connectivity index (χ1n) is 6.39. The molecule has 0 aromatic heterocycles. The van der Waals surface area contributed by atoms with E-state index in [1.165, 1.54) is 0 Å². The van der Waals surface area contributed by atoms with Gasteiger partial charge in [0.1, 0.15) is 0 Å². The van der Waals surface area contributed by atoms with Gasteiger partial charge in [-0.2, -0.15) is 0 Å². The summed E-state index contributed by atoms with van der Waals surface area (Å²) < 4.78 is 12.2. The third-order valence-electron chi connectivity index (χ3n) is 2.75. The molecule has 102 valence electrons. The van der Waals surface area contributed by atoms with Crippen molar-refractivity contribution < 1.29 is 4.57 Å². The Morgan fingerprint density at radius 2 is 2.00 bits per heavy atom. The molecular weight excluding hydrogens is 233 g/mol. The lowest BCUT2D eigenvalue weighted by atomic mass is 10.2. The van der Waals surface area contributed by atoms with Gasteiger partial charge < -0.3 is 16.0 Å². The van der Waals surface area contributed by atoms with E-state index in [0.29, 0.717) is 18.3 Å². The van der Waals surface area contributed by atoms with Gasteiger partial charge in [0.05, 0.1) is 13.0 Å². The van der Waals surface area contributed by atoms with E-state index < -0.39 is 7.14 Å². The van der Waals surface area contributed by atoms with Crippen LogP contribution in [0.1, 0.15) is 33.1 Å². The van der Waals surface area contributed by atoms with Gasteiger partial charge in [-0.3, -0.25) is 4.99 Å². The molecule has 0 saturated carbocycles. The lowest BCUT2D eigenvalue weighted by molar-refractivity contribution is 0.560. The smallest absolute Gasteiger partial charge is 0.0905 e. The maximum Gasteiger partial charge on any atom is 0.0905 e. The van der Waals surface area contributed by atoms with Crippen LogP contribution in [0.15, 0.2) is 4.99 Å². The summed E-state index contributed by atoms with van der Waals surface area (Å²) >= 11 is 0. The van der Waals surface area contributed by atoms with E-state index in [1.807, 2.05) is 6.66 Å². The Balaban J connectivity index is 3.66. The van der Waals surface area contributed by atoms with Gasteiger partial charge in [-0.15, -0.1) is 0 Å². The van der Waals surface area contributed by atoms with Gasteiger partial charge in [-0.25, -0.2) is 0 Å². The Morgan fingerprint density at radius 3 is 2.53 bits per heavy atom. The molecule has 4 nitrogen and oxygen atoms in total. The Labute approximate surface area is 106 Å². The highest BCUT2D eigenvalue weighted by atomic mass is 31.2. The zero-order valence-electron chi connectivity index (χ0n) is 11.5. The Morgan fingerprint density at radius 1 is 1.35 bits per heavy atom. The first kappa shape index (κ1) is 16.7. The van der Waals surface area contributed by atoms with Crippen LogP contribution in [0, 0.1) is 5.92 Å². The number of hydrogen-bond acceptors (Lipinski definition) is 3. The molecule has 0 aliphatic rings. The summed E-state index contributed by atoms with van der Waals surface area (Å²) in [6.07, 6.45) is 4.74. The number of hydrogen-bond donors (Lipinski definition) is 2. The molecule has 0 aromatic carbocycles. The highest BCUT2D eigenvalue weighted by Gasteiger charge is 2.17. The van der Waals surface area contributed by atoms with Crippen LogP contribution in [-0.2, 0) is 4.57 Å². The molecule has 0 radical (unpaired) electrons. The van der Waals surface area contributed by atoms with Crippen LogP contribution in [-0.4, -0.2) is 37.9 Å². The number of aliphatic imine (C=N–C) groups is 1. The van der Waals surface area contributed by atoms with Gasteiger partial charge in [0.2, 0.25) is 0 Å². The fraction of sp³-hybridized carbons (Fsp3) is 0.917. The minimum Gasteiger partial charge on any atom is -0.388 e. The van der Waals surface area contributed by atoms with Gasteiger partial charge in [0.15, 0.2) is 0 Å². The molecule has 17 heavy (non-hydrogen) atoms. The number of unbranched alkanes of at least 4 members (excludes halogenated alkanes) is 2. The van der Waals surface area contributed by atoms with Crippen molar-refractivity contribution >= 4 is 13.0 Å². The minimum atomic E-state index is -1.97. The molecule has 0 rings (SSSR count). The molecule has 0 aromatic rings. The van der Waals surface area contributed by atoms with E-state index in [4.69, 9.17) is 11.5 Å². The fourth-order valence-corrected chi connectivity index (χ4v) is 4.36. The van der Waals surface area contributed by atoms with Crippen LogP contribution in [0.5, 0.6) is 0 Å². The van der Waals surface area contributed by atoms with Crippen molar-refractivity contribution in [1.29, 1.82) is 0 Å². The second-order valence-corrected chi connectivity index (χ2v) is 8.53. The molecule has 0 heterocycles. The summed E-state index contributed by atoms with van der Waals surface area (Å²) in [4.78, 5) is 4.13. The molecule has 5 heteroatoms. The monoisotopic (exact) mass is 261 g/mol. The van der Waals surface area contributed by atoms with E-state index in [9.17, 15) is 4.57 Å². The summed E-state index contributed by atoms with van der Waals surface area (Å²) in [6, 6.07) is 0. The summed E-state index contributed by atoms with van der Waals surface area (Å²) in [7, 11) is -1.97. The quantitative estimate of drug-likeness (QED) is 0.289. The standard InChI is InChI=1S/C12H28N3OP/c1-11(9-13)10-17(3,16)8-6-4-5-7-15-12(2)14/h11H,4-10,13H2,1-3H3,(H2,14,15)/t11-,17?/m0/s1. The highest BCUT2D eigenvalue weighted by Crippen LogP contribution is 2.43. The molecule has 4 N–H and O–H groups in total. The van der Waals surface area contributed by atoms with E-state index in [-0.39, 0.29) is 0 Å². The third-order valence-corrected chi connectivity index (χ3v) is 5.41. The SMILES string of the molecule is CC(N)=NCCCCCP(C)(=O)C[C@@H](C)CN. The molecule has 1 unspecified atom stereocenters. The first-order chi connectivity index (χ1) is 7.87. The molecule has 0 fully saturated rings. The van der Waals surface area contributed by atoms with Crippen molar-refractivity contribution in [2.24, 2.45) is 22.4 Å². The summed E-state index contributed by atoms with van der Waals surface area (Å²) in [5.41, 5.74) is 11.0. The van der Waals surface area contributed by atoms with Gasteiger partial charge in [-0.05, 0) is 38.9 Å². The number of amidine groups is 1. The van der Waals surface area contributed by atoms with Gasteiger partial charge >= 0.3 is 0 Å². The Kier molecular flexibility index (Phi) is 8.53. The van der Waals surface area contributed by atoms with Crippen molar-refractivity contribution in [1.82, 2.24) is 0 Å². The van der Waals surface area contributed by atoms with Gasteiger partial charge in [-0.1, -0.05) is 13.3 Å².